The quantitative estimate of drug-likeness (QED) is 0.888. The number of nitrogens with one attached hydrogen (secondary N) is 1. The van der Waals surface area contributed by atoms with Gasteiger partial charge in [-0.05, 0) is 37.5 Å². The Morgan fingerprint density at radius 3 is 2.90 bits per heavy atom. The van der Waals surface area contributed by atoms with Crippen molar-refractivity contribution in [2.24, 2.45) is 5.92 Å². The molecule has 0 radical (unpaired) electrons. The van der Waals surface area contributed by atoms with E-state index in [1.54, 1.807) is 14.0 Å². The molecule has 2 atom stereocenters. The number of piperidine rings is 1. The van der Waals surface area contributed by atoms with Crippen molar-refractivity contribution in [2.75, 3.05) is 25.0 Å². The molecule has 0 aliphatic carbocycles. The van der Waals surface area contributed by atoms with E-state index in [1.165, 1.54) is 0 Å². The highest BCUT2D eigenvalue weighted by atomic mass is 79.9. The molecule has 4 nitrogen and oxygen atoms in total. The minimum Gasteiger partial charge on any atom is -0.389 e. The highest BCUT2D eigenvalue weighted by Gasteiger charge is 2.25. The van der Waals surface area contributed by atoms with Gasteiger partial charge in [0, 0.05) is 30.3 Å². The fraction of sp³-hybridized carbons (Fsp3) is 0.533. The van der Waals surface area contributed by atoms with Crippen molar-refractivity contribution in [3.05, 3.63) is 28.2 Å². The molecule has 1 saturated heterocycles. The summed E-state index contributed by atoms with van der Waals surface area (Å²) in [6.07, 6.45) is 1.48. The van der Waals surface area contributed by atoms with Gasteiger partial charge < -0.3 is 15.3 Å². The van der Waals surface area contributed by atoms with E-state index in [-0.39, 0.29) is 11.8 Å². The molecule has 2 N–H and O–H groups in total. The first kappa shape index (κ1) is 15.3. The minimum atomic E-state index is -0.488. The highest BCUT2D eigenvalue weighted by molar-refractivity contribution is 9.10. The van der Waals surface area contributed by atoms with Gasteiger partial charge in [0.25, 0.3) is 0 Å². The number of hydrogen-bond donors (Lipinski definition) is 2. The highest BCUT2D eigenvalue weighted by Crippen LogP contribution is 2.30. The molecule has 0 aromatic heterocycles. The second-order valence-electron chi connectivity index (χ2n) is 5.28. The van der Waals surface area contributed by atoms with E-state index in [9.17, 15) is 9.90 Å². The van der Waals surface area contributed by atoms with Crippen molar-refractivity contribution in [1.82, 2.24) is 5.32 Å². The van der Waals surface area contributed by atoms with Crippen molar-refractivity contribution in [1.29, 1.82) is 0 Å². The molecule has 0 spiro atoms. The molecule has 110 valence electrons. The topological polar surface area (TPSA) is 52.6 Å². The first-order chi connectivity index (χ1) is 9.52. The van der Waals surface area contributed by atoms with Crippen LogP contribution in [0.1, 0.15) is 31.4 Å². The maximum absolute atomic E-state index is 11.8. The third-order valence-corrected chi connectivity index (χ3v) is 4.52. The predicted molar refractivity (Wildman–Crippen MR) is 83.8 cm³/mol. The van der Waals surface area contributed by atoms with Gasteiger partial charge in [0.05, 0.1) is 12.0 Å². The van der Waals surface area contributed by atoms with Crippen LogP contribution in [0.3, 0.4) is 0 Å². The van der Waals surface area contributed by atoms with Crippen LogP contribution >= 0.6 is 15.9 Å². The van der Waals surface area contributed by atoms with Crippen molar-refractivity contribution < 1.29 is 9.90 Å². The average molecular weight is 341 g/mol. The summed E-state index contributed by atoms with van der Waals surface area (Å²) < 4.78 is 0.909. The largest absolute Gasteiger partial charge is 0.389 e. The lowest BCUT2D eigenvalue weighted by Gasteiger charge is -2.33. The molecule has 1 aliphatic heterocycles. The third-order valence-electron chi connectivity index (χ3n) is 3.84. The summed E-state index contributed by atoms with van der Waals surface area (Å²) in [5.74, 6) is 0.179. The number of anilines is 1. The lowest BCUT2D eigenvalue weighted by molar-refractivity contribution is -0.124. The second kappa shape index (κ2) is 6.59. The van der Waals surface area contributed by atoms with Crippen molar-refractivity contribution >= 4 is 27.5 Å². The number of hydrogen-bond acceptors (Lipinski definition) is 3. The van der Waals surface area contributed by atoms with Gasteiger partial charge in [0.15, 0.2) is 0 Å². The number of halogens is 1. The van der Waals surface area contributed by atoms with Gasteiger partial charge in [-0.15, -0.1) is 0 Å². The smallest absolute Gasteiger partial charge is 0.224 e. The van der Waals surface area contributed by atoms with E-state index in [4.69, 9.17) is 0 Å². The maximum Gasteiger partial charge on any atom is 0.224 e. The van der Waals surface area contributed by atoms with Crippen LogP contribution in [0.25, 0.3) is 0 Å². The molecule has 1 unspecified atom stereocenters. The molecule has 2 rings (SSSR count). The molecule has 1 aliphatic rings. The van der Waals surface area contributed by atoms with E-state index >= 15 is 0 Å². The number of benzene rings is 1. The van der Waals surface area contributed by atoms with E-state index in [2.05, 4.69) is 26.1 Å². The fourth-order valence-corrected chi connectivity index (χ4v) is 3.38. The summed E-state index contributed by atoms with van der Waals surface area (Å²) in [6, 6.07) is 5.97. The Bertz CT molecular complexity index is 491. The molecule has 20 heavy (non-hydrogen) atoms. The molecule has 0 saturated carbocycles. The predicted octanol–water partition coefficient (Wildman–Crippen LogP) is 2.46. The zero-order valence-corrected chi connectivity index (χ0v) is 13.5. The first-order valence-electron chi connectivity index (χ1n) is 6.97. The van der Waals surface area contributed by atoms with Gasteiger partial charge in [-0.25, -0.2) is 0 Å². The Hall–Kier alpha value is -1.07. The molecule has 1 aromatic rings. The monoisotopic (exact) mass is 340 g/mol. The van der Waals surface area contributed by atoms with Crippen LogP contribution in [0.2, 0.25) is 0 Å². The van der Waals surface area contributed by atoms with Gasteiger partial charge in [-0.3, -0.25) is 4.79 Å². The summed E-state index contributed by atoms with van der Waals surface area (Å²) in [6.45, 7) is 3.47. The zero-order valence-electron chi connectivity index (χ0n) is 11.9. The molecule has 1 aromatic carbocycles. The SMILES string of the molecule is CNC(=O)C1CCCN(c2ccc([C@@H](C)O)c(Br)c2)C1. The molecular weight excluding hydrogens is 320 g/mol. The van der Waals surface area contributed by atoms with Crippen LogP contribution in [0.15, 0.2) is 22.7 Å². The fourth-order valence-electron chi connectivity index (χ4n) is 2.68. The van der Waals surface area contributed by atoms with Crippen LogP contribution in [0.5, 0.6) is 0 Å². The second-order valence-corrected chi connectivity index (χ2v) is 6.14. The number of nitrogens with zero attached hydrogens (tertiary/aromatic N) is 1. The summed E-state index contributed by atoms with van der Waals surface area (Å²) in [5, 5.41) is 12.4. The van der Waals surface area contributed by atoms with Crippen LogP contribution in [0.4, 0.5) is 5.69 Å². The van der Waals surface area contributed by atoms with Gasteiger partial charge in [-0.2, -0.15) is 0 Å². The molecule has 1 amide bonds. The van der Waals surface area contributed by atoms with Gasteiger partial charge >= 0.3 is 0 Å². The van der Waals surface area contributed by atoms with Crippen LogP contribution in [0, 0.1) is 5.92 Å². The van der Waals surface area contributed by atoms with E-state index in [1.807, 2.05) is 18.2 Å². The Morgan fingerprint density at radius 1 is 1.55 bits per heavy atom. The van der Waals surface area contributed by atoms with E-state index in [0.29, 0.717) is 0 Å². The number of aliphatic hydroxyl groups is 1. The Kier molecular flexibility index (Phi) is 5.05. The van der Waals surface area contributed by atoms with Crippen LogP contribution in [-0.2, 0) is 4.79 Å². The number of amides is 1. The Morgan fingerprint density at radius 2 is 2.30 bits per heavy atom. The summed E-state index contributed by atoms with van der Waals surface area (Å²) in [4.78, 5) is 14.0. The lowest BCUT2D eigenvalue weighted by atomic mass is 9.96. The number of carbonyl (C=O) groups excluding carboxylic acids is 1. The van der Waals surface area contributed by atoms with Crippen molar-refractivity contribution in [3.63, 3.8) is 0 Å². The van der Waals surface area contributed by atoms with E-state index < -0.39 is 6.10 Å². The normalized spacial score (nSPS) is 20.6. The standard InChI is InChI=1S/C15H21BrN2O2/c1-10(19)13-6-5-12(8-14(13)16)18-7-3-4-11(9-18)15(20)17-2/h5-6,8,10-11,19H,3-4,7,9H2,1-2H3,(H,17,20)/t10-,11?/m1/s1. The lowest BCUT2D eigenvalue weighted by Crippen LogP contribution is -2.42. The van der Waals surface area contributed by atoms with Crippen LogP contribution in [-0.4, -0.2) is 31.2 Å². The number of carbonyl (C=O) groups is 1. The zero-order chi connectivity index (χ0) is 14.7. The summed E-state index contributed by atoms with van der Waals surface area (Å²) >= 11 is 3.51. The molecule has 1 heterocycles. The first-order valence-corrected chi connectivity index (χ1v) is 7.76. The number of aliphatic hydroxyl groups excluding tert-OH is 1. The van der Waals surface area contributed by atoms with E-state index in [0.717, 1.165) is 41.7 Å². The molecule has 0 bridgehead atoms. The summed E-state index contributed by atoms with van der Waals surface area (Å²) in [7, 11) is 1.69. The van der Waals surface area contributed by atoms with Gasteiger partial charge in [0.2, 0.25) is 5.91 Å². The molecule has 5 heteroatoms. The maximum atomic E-state index is 11.8. The van der Waals surface area contributed by atoms with Gasteiger partial charge in [0.1, 0.15) is 0 Å². The Balaban J connectivity index is 2.15. The van der Waals surface area contributed by atoms with Crippen LogP contribution < -0.4 is 10.2 Å². The third kappa shape index (κ3) is 3.33. The minimum absolute atomic E-state index is 0.0592. The molecule has 1 fully saturated rings. The summed E-state index contributed by atoms with van der Waals surface area (Å²) in [5.41, 5.74) is 1.98. The van der Waals surface area contributed by atoms with Gasteiger partial charge in [-0.1, -0.05) is 22.0 Å². The average Bonchev–Trinajstić information content (AvgIpc) is 2.46. The van der Waals surface area contributed by atoms with Crippen molar-refractivity contribution in [2.45, 2.75) is 25.9 Å². The van der Waals surface area contributed by atoms with Crippen molar-refractivity contribution in [3.8, 4) is 0 Å². The molecular formula is C15H21BrN2O2. The Labute approximate surface area is 128 Å². The number of rotatable bonds is 3.